The van der Waals surface area contributed by atoms with Gasteiger partial charge in [-0.2, -0.15) is 5.10 Å². The number of carbonyl (C=O) groups excluding carboxylic acids is 2. The SMILES string of the molecule is Cc1nn(CC(=O)OCC(=O)N2CCCc3ccccc32)c(C)c1[N+](=O)[O-]. The third-order valence-electron chi connectivity index (χ3n) is 4.57. The second-order valence-electron chi connectivity index (χ2n) is 6.37. The quantitative estimate of drug-likeness (QED) is 0.451. The third kappa shape index (κ3) is 3.81. The summed E-state index contributed by atoms with van der Waals surface area (Å²) in [6.45, 7) is 2.93. The highest BCUT2D eigenvalue weighted by atomic mass is 16.6. The summed E-state index contributed by atoms with van der Waals surface area (Å²) in [5.74, 6) is -0.969. The van der Waals surface area contributed by atoms with Gasteiger partial charge in [0.15, 0.2) is 6.61 Å². The number of anilines is 1. The van der Waals surface area contributed by atoms with Crippen molar-refractivity contribution in [1.29, 1.82) is 0 Å². The number of ether oxygens (including phenoxy) is 1. The van der Waals surface area contributed by atoms with Gasteiger partial charge in [0.2, 0.25) is 0 Å². The lowest BCUT2D eigenvalue weighted by Gasteiger charge is -2.29. The fourth-order valence-electron chi connectivity index (χ4n) is 3.29. The summed E-state index contributed by atoms with van der Waals surface area (Å²) >= 11 is 0. The molecule has 2 heterocycles. The summed E-state index contributed by atoms with van der Waals surface area (Å²) < 4.78 is 6.30. The van der Waals surface area contributed by atoms with Crippen LogP contribution in [-0.4, -0.2) is 39.7 Å². The van der Waals surface area contributed by atoms with E-state index in [4.69, 9.17) is 4.74 Å². The zero-order valence-electron chi connectivity index (χ0n) is 15.2. The van der Waals surface area contributed by atoms with Crippen molar-refractivity contribution >= 4 is 23.3 Å². The minimum Gasteiger partial charge on any atom is -0.454 e. The fourth-order valence-corrected chi connectivity index (χ4v) is 3.29. The maximum atomic E-state index is 12.5. The molecule has 9 nitrogen and oxygen atoms in total. The van der Waals surface area contributed by atoms with Crippen molar-refractivity contribution in [3.05, 3.63) is 51.3 Å². The van der Waals surface area contributed by atoms with E-state index in [9.17, 15) is 19.7 Å². The maximum Gasteiger partial charge on any atom is 0.328 e. The van der Waals surface area contributed by atoms with E-state index in [-0.39, 0.29) is 36.1 Å². The van der Waals surface area contributed by atoms with E-state index in [2.05, 4.69) is 5.10 Å². The van der Waals surface area contributed by atoms with Crippen molar-refractivity contribution in [2.45, 2.75) is 33.2 Å². The zero-order valence-corrected chi connectivity index (χ0v) is 15.2. The number of hydrogen-bond donors (Lipinski definition) is 0. The van der Waals surface area contributed by atoms with E-state index in [1.807, 2.05) is 24.3 Å². The zero-order chi connectivity index (χ0) is 19.6. The van der Waals surface area contributed by atoms with Crippen molar-refractivity contribution < 1.29 is 19.2 Å². The van der Waals surface area contributed by atoms with Crippen molar-refractivity contribution in [3.8, 4) is 0 Å². The molecular weight excluding hydrogens is 352 g/mol. The number of aryl methyl sites for hydroxylation is 2. The van der Waals surface area contributed by atoms with Crippen LogP contribution in [0.15, 0.2) is 24.3 Å². The number of aromatic nitrogens is 2. The third-order valence-corrected chi connectivity index (χ3v) is 4.57. The molecule has 142 valence electrons. The number of esters is 1. The molecule has 9 heteroatoms. The number of para-hydroxylation sites is 1. The molecule has 1 aromatic carbocycles. The Kier molecular flexibility index (Phi) is 5.20. The molecule has 1 amide bonds. The normalized spacial score (nSPS) is 13.2. The van der Waals surface area contributed by atoms with E-state index < -0.39 is 10.9 Å². The van der Waals surface area contributed by atoms with Gasteiger partial charge in [0.1, 0.15) is 17.9 Å². The van der Waals surface area contributed by atoms with E-state index in [1.165, 1.54) is 18.5 Å². The van der Waals surface area contributed by atoms with Gasteiger partial charge in [-0.15, -0.1) is 0 Å². The van der Waals surface area contributed by atoms with E-state index in [0.717, 1.165) is 24.1 Å². The highest BCUT2D eigenvalue weighted by Crippen LogP contribution is 2.26. The van der Waals surface area contributed by atoms with Crippen LogP contribution in [0.5, 0.6) is 0 Å². The number of benzene rings is 1. The maximum absolute atomic E-state index is 12.5. The lowest BCUT2D eigenvalue weighted by Crippen LogP contribution is -2.38. The molecule has 0 unspecified atom stereocenters. The van der Waals surface area contributed by atoms with Crippen LogP contribution in [0.4, 0.5) is 11.4 Å². The largest absolute Gasteiger partial charge is 0.454 e. The molecule has 2 aromatic rings. The molecule has 0 fully saturated rings. The van der Waals surface area contributed by atoms with Gasteiger partial charge in [-0.05, 0) is 38.3 Å². The predicted octanol–water partition coefficient (Wildman–Crippen LogP) is 1.93. The molecule has 0 saturated heterocycles. The summed E-state index contributed by atoms with van der Waals surface area (Å²) in [5, 5.41) is 15.0. The predicted molar refractivity (Wildman–Crippen MR) is 96.4 cm³/mol. The first-order valence-electron chi connectivity index (χ1n) is 8.60. The number of nitrogens with zero attached hydrogens (tertiary/aromatic N) is 4. The van der Waals surface area contributed by atoms with Crippen LogP contribution < -0.4 is 4.90 Å². The molecule has 0 aliphatic carbocycles. The van der Waals surface area contributed by atoms with Crippen molar-refractivity contribution in [3.63, 3.8) is 0 Å². The average Bonchev–Trinajstić information content (AvgIpc) is 2.92. The van der Waals surface area contributed by atoms with Gasteiger partial charge in [0, 0.05) is 12.2 Å². The van der Waals surface area contributed by atoms with Crippen LogP contribution in [0.1, 0.15) is 23.4 Å². The highest BCUT2D eigenvalue weighted by Gasteiger charge is 2.25. The molecule has 0 N–H and O–H groups in total. The van der Waals surface area contributed by atoms with Crippen LogP contribution in [0.3, 0.4) is 0 Å². The monoisotopic (exact) mass is 372 g/mol. The summed E-state index contributed by atoms with van der Waals surface area (Å²) in [6.07, 6.45) is 1.77. The Morgan fingerprint density at radius 2 is 2.04 bits per heavy atom. The number of hydrogen-bond acceptors (Lipinski definition) is 6. The van der Waals surface area contributed by atoms with Crippen LogP contribution in [0, 0.1) is 24.0 Å². The van der Waals surface area contributed by atoms with Gasteiger partial charge in [-0.25, -0.2) is 0 Å². The lowest BCUT2D eigenvalue weighted by atomic mass is 10.0. The Bertz CT molecular complexity index is 905. The second-order valence-corrected chi connectivity index (χ2v) is 6.37. The van der Waals surface area contributed by atoms with Crippen molar-refractivity contribution in [2.75, 3.05) is 18.1 Å². The first-order valence-corrected chi connectivity index (χ1v) is 8.60. The van der Waals surface area contributed by atoms with Crippen molar-refractivity contribution in [2.24, 2.45) is 0 Å². The molecule has 1 aliphatic rings. The Labute approximate surface area is 155 Å². The molecule has 0 radical (unpaired) electrons. The van der Waals surface area contributed by atoms with Crippen molar-refractivity contribution in [1.82, 2.24) is 9.78 Å². The summed E-state index contributed by atoms with van der Waals surface area (Å²) in [5.41, 5.74) is 2.32. The molecule has 0 atom stereocenters. The fraction of sp³-hybridized carbons (Fsp3) is 0.389. The Morgan fingerprint density at radius 3 is 2.74 bits per heavy atom. The number of fused-ring (bicyclic) bond motifs is 1. The summed E-state index contributed by atoms with van der Waals surface area (Å²) in [6, 6.07) is 7.66. The standard InChI is InChI=1S/C18H20N4O5/c1-12-18(22(25)26)13(2)21(19-12)10-17(24)27-11-16(23)20-9-5-7-14-6-3-4-8-15(14)20/h3-4,6,8H,5,7,9-11H2,1-2H3. The lowest BCUT2D eigenvalue weighted by molar-refractivity contribution is -0.386. The van der Waals surface area contributed by atoms with Gasteiger partial charge in [0.05, 0.1) is 4.92 Å². The summed E-state index contributed by atoms with van der Waals surface area (Å²) in [4.78, 5) is 36.6. The van der Waals surface area contributed by atoms with Gasteiger partial charge in [0.25, 0.3) is 5.91 Å². The smallest absolute Gasteiger partial charge is 0.328 e. The van der Waals surface area contributed by atoms with Crippen LogP contribution in [-0.2, 0) is 27.3 Å². The first-order chi connectivity index (χ1) is 12.9. The minimum atomic E-state index is -0.672. The molecule has 0 saturated carbocycles. The minimum absolute atomic E-state index is 0.121. The van der Waals surface area contributed by atoms with Gasteiger partial charge in [-0.3, -0.25) is 24.4 Å². The van der Waals surface area contributed by atoms with Gasteiger partial charge >= 0.3 is 11.7 Å². The van der Waals surface area contributed by atoms with Gasteiger partial charge < -0.3 is 9.64 Å². The Balaban J connectivity index is 1.61. The molecule has 1 aliphatic heterocycles. The molecule has 3 rings (SSSR count). The van der Waals surface area contributed by atoms with E-state index in [0.29, 0.717) is 6.54 Å². The average molecular weight is 372 g/mol. The van der Waals surface area contributed by atoms with Crippen LogP contribution in [0.25, 0.3) is 0 Å². The van der Waals surface area contributed by atoms with E-state index >= 15 is 0 Å². The Hall–Kier alpha value is -3.23. The molecule has 0 spiro atoms. The van der Waals surface area contributed by atoms with Gasteiger partial charge in [-0.1, -0.05) is 18.2 Å². The first kappa shape index (κ1) is 18.6. The van der Waals surface area contributed by atoms with E-state index in [1.54, 1.807) is 4.90 Å². The molecular formula is C18H20N4O5. The Morgan fingerprint density at radius 1 is 1.30 bits per heavy atom. The number of amides is 1. The molecule has 27 heavy (non-hydrogen) atoms. The van der Waals surface area contributed by atoms with Crippen LogP contribution >= 0.6 is 0 Å². The summed E-state index contributed by atoms with van der Waals surface area (Å²) in [7, 11) is 0. The number of rotatable bonds is 5. The highest BCUT2D eigenvalue weighted by molar-refractivity contribution is 5.96. The topological polar surface area (TPSA) is 108 Å². The second kappa shape index (κ2) is 7.56. The molecule has 0 bridgehead atoms. The molecule has 1 aromatic heterocycles. The van der Waals surface area contributed by atoms with Crippen LogP contribution in [0.2, 0.25) is 0 Å². The number of nitro groups is 1. The number of carbonyl (C=O) groups is 2.